The lowest BCUT2D eigenvalue weighted by atomic mass is 10.1. The summed E-state index contributed by atoms with van der Waals surface area (Å²) < 4.78 is 0.691. The summed E-state index contributed by atoms with van der Waals surface area (Å²) >= 11 is 7.95. The van der Waals surface area contributed by atoms with Crippen LogP contribution >= 0.6 is 34.2 Å². The molecular formula is C17H11ClINO. The molecule has 104 valence electrons. The minimum absolute atomic E-state index is 0.0562. The summed E-state index contributed by atoms with van der Waals surface area (Å²) in [6.07, 6.45) is 3.87. The van der Waals surface area contributed by atoms with Crippen molar-refractivity contribution in [1.29, 1.82) is 0 Å². The monoisotopic (exact) mass is 407 g/mol. The van der Waals surface area contributed by atoms with Gasteiger partial charge in [-0.25, -0.2) is 0 Å². The average Bonchev–Trinajstić information content (AvgIpc) is 2.51. The number of nitrogens with one attached hydrogen (secondary N) is 1. The van der Waals surface area contributed by atoms with E-state index in [4.69, 9.17) is 11.6 Å². The minimum atomic E-state index is 0.0562. The number of fused-ring (bicyclic) bond motifs is 1. The topological polar surface area (TPSA) is 32.9 Å². The Morgan fingerprint density at radius 3 is 2.48 bits per heavy atom. The first-order valence-electron chi connectivity index (χ1n) is 6.39. The lowest BCUT2D eigenvalue weighted by Gasteiger charge is -2.03. The molecule has 0 bridgehead atoms. The van der Waals surface area contributed by atoms with Gasteiger partial charge in [0.1, 0.15) is 0 Å². The highest BCUT2D eigenvalue weighted by Gasteiger charge is 2.06. The van der Waals surface area contributed by atoms with Crippen LogP contribution in [0.2, 0.25) is 5.02 Å². The normalized spacial score (nSPS) is 11.3. The quantitative estimate of drug-likeness (QED) is 0.599. The molecule has 21 heavy (non-hydrogen) atoms. The molecule has 0 spiro atoms. The highest BCUT2D eigenvalue weighted by atomic mass is 127. The number of hydrogen-bond donors (Lipinski definition) is 1. The van der Waals surface area contributed by atoms with Crippen molar-refractivity contribution >= 4 is 57.2 Å². The van der Waals surface area contributed by atoms with E-state index < -0.39 is 0 Å². The van der Waals surface area contributed by atoms with Crippen LogP contribution in [0.25, 0.3) is 23.1 Å². The van der Waals surface area contributed by atoms with Gasteiger partial charge in [-0.2, -0.15) is 0 Å². The van der Waals surface area contributed by atoms with E-state index in [2.05, 4.69) is 27.6 Å². The van der Waals surface area contributed by atoms with Crippen molar-refractivity contribution in [3.05, 3.63) is 78.6 Å². The van der Waals surface area contributed by atoms with E-state index in [-0.39, 0.29) is 5.43 Å². The molecule has 3 aromatic rings. The fourth-order valence-corrected chi connectivity index (χ4v) is 2.83. The molecule has 2 aromatic carbocycles. The largest absolute Gasteiger partial charge is 0.354 e. The van der Waals surface area contributed by atoms with E-state index >= 15 is 0 Å². The lowest BCUT2D eigenvalue weighted by Crippen LogP contribution is -2.09. The maximum absolute atomic E-state index is 12.3. The number of aromatic amines is 1. The highest BCUT2D eigenvalue weighted by Crippen LogP contribution is 2.16. The molecular weight excluding hydrogens is 397 g/mol. The van der Waals surface area contributed by atoms with Crippen molar-refractivity contribution in [3.63, 3.8) is 0 Å². The Morgan fingerprint density at radius 2 is 1.71 bits per heavy atom. The number of H-pyrrole nitrogens is 1. The highest BCUT2D eigenvalue weighted by molar-refractivity contribution is 14.1. The Hall–Kier alpha value is -1.59. The van der Waals surface area contributed by atoms with Gasteiger partial charge in [0, 0.05) is 15.9 Å². The van der Waals surface area contributed by atoms with E-state index in [1.165, 1.54) is 0 Å². The fraction of sp³-hybridized carbons (Fsp3) is 0. The number of hydrogen-bond acceptors (Lipinski definition) is 1. The zero-order valence-electron chi connectivity index (χ0n) is 10.9. The number of halogens is 2. The molecule has 4 heteroatoms. The van der Waals surface area contributed by atoms with Crippen molar-refractivity contribution in [2.24, 2.45) is 0 Å². The van der Waals surface area contributed by atoms with Gasteiger partial charge >= 0.3 is 0 Å². The third kappa shape index (κ3) is 3.04. The predicted molar refractivity (Wildman–Crippen MR) is 97.7 cm³/mol. The standard InChI is InChI=1S/C17H11ClINO/c18-12-8-5-11(6-9-12)7-10-15-16(19)17(21)13-3-1-2-4-14(13)20-15/h1-10H,(H,20,21)/b10-7+. The predicted octanol–water partition coefficient (Wildman–Crippen LogP) is 4.96. The second kappa shape index (κ2) is 6.03. The van der Waals surface area contributed by atoms with Crippen LogP contribution in [-0.2, 0) is 0 Å². The molecule has 0 atom stereocenters. The molecule has 1 aromatic heterocycles. The van der Waals surface area contributed by atoms with Crippen LogP contribution < -0.4 is 5.43 Å². The summed E-state index contributed by atoms with van der Waals surface area (Å²) in [5.41, 5.74) is 2.75. The van der Waals surface area contributed by atoms with Crippen LogP contribution in [0.15, 0.2) is 53.3 Å². The van der Waals surface area contributed by atoms with E-state index in [0.29, 0.717) is 14.0 Å². The van der Waals surface area contributed by atoms with Crippen molar-refractivity contribution in [2.75, 3.05) is 0 Å². The maximum atomic E-state index is 12.3. The summed E-state index contributed by atoms with van der Waals surface area (Å²) in [5, 5.41) is 1.42. The molecule has 3 rings (SSSR count). The van der Waals surface area contributed by atoms with Crippen molar-refractivity contribution in [3.8, 4) is 0 Å². The number of benzene rings is 2. The average molecular weight is 408 g/mol. The number of para-hydroxylation sites is 1. The summed E-state index contributed by atoms with van der Waals surface area (Å²) in [7, 11) is 0. The van der Waals surface area contributed by atoms with Gasteiger partial charge in [0.2, 0.25) is 5.43 Å². The molecule has 1 heterocycles. The maximum Gasteiger partial charge on any atom is 0.203 e. The first-order valence-corrected chi connectivity index (χ1v) is 7.85. The van der Waals surface area contributed by atoms with Crippen molar-refractivity contribution in [2.45, 2.75) is 0 Å². The molecule has 0 radical (unpaired) electrons. The zero-order chi connectivity index (χ0) is 14.8. The van der Waals surface area contributed by atoms with Crippen LogP contribution in [0.3, 0.4) is 0 Å². The summed E-state index contributed by atoms with van der Waals surface area (Å²) in [6, 6.07) is 15.1. The van der Waals surface area contributed by atoms with E-state index in [1.807, 2.05) is 60.7 Å². The van der Waals surface area contributed by atoms with E-state index in [0.717, 1.165) is 16.8 Å². The van der Waals surface area contributed by atoms with Gasteiger partial charge in [0.05, 0.1) is 9.26 Å². The molecule has 1 N–H and O–H groups in total. The first-order chi connectivity index (χ1) is 10.1. The Labute approximate surface area is 140 Å². The molecule has 0 saturated heterocycles. The van der Waals surface area contributed by atoms with Gasteiger partial charge in [-0.15, -0.1) is 0 Å². The van der Waals surface area contributed by atoms with Crippen LogP contribution in [0.4, 0.5) is 0 Å². The van der Waals surface area contributed by atoms with Crippen molar-refractivity contribution < 1.29 is 0 Å². The van der Waals surface area contributed by atoms with Crippen LogP contribution in [0.5, 0.6) is 0 Å². The smallest absolute Gasteiger partial charge is 0.203 e. The van der Waals surface area contributed by atoms with Gasteiger partial charge in [0.15, 0.2) is 0 Å². The third-order valence-corrected chi connectivity index (χ3v) is 4.51. The molecule has 0 aliphatic carbocycles. The molecule has 2 nitrogen and oxygen atoms in total. The molecule has 0 aliphatic heterocycles. The summed E-state index contributed by atoms with van der Waals surface area (Å²) in [5.74, 6) is 0. The Kier molecular flexibility index (Phi) is 4.12. The summed E-state index contributed by atoms with van der Waals surface area (Å²) in [4.78, 5) is 15.6. The van der Waals surface area contributed by atoms with Gasteiger partial charge in [0.25, 0.3) is 0 Å². The van der Waals surface area contributed by atoms with E-state index in [9.17, 15) is 4.79 Å². The number of aromatic nitrogens is 1. The number of pyridine rings is 1. The van der Waals surface area contributed by atoms with Gasteiger partial charge in [-0.1, -0.05) is 41.9 Å². The number of rotatable bonds is 2. The Bertz CT molecular complexity index is 881. The SMILES string of the molecule is O=c1c(I)c(/C=C/c2ccc(Cl)cc2)[nH]c2ccccc12. The van der Waals surface area contributed by atoms with Crippen LogP contribution in [0, 0.1) is 3.57 Å². The van der Waals surface area contributed by atoms with Gasteiger partial charge < -0.3 is 4.98 Å². The first kappa shape index (κ1) is 14.4. The molecule has 0 fully saturated rings. The Balaban J connectivity index is 2.06. The van der Waals surface area contributed by atoms with Crippen molar-refractivity contribution in [1.82, 2.24) is 4.98 Å². The zero-order valence-corrected chi connectivity index (χ0v) is 13.9. The minimum Gasteiger partial charge on any atom is -0.354 e. The van der Waals surface area contributed by atoms with Crippen LogP contribution in [0.1, 0.15) is 11.3 Å². The second-order valence-electron chi connectivity index (χ2n) is 4.61. The Morgan fingerprint density at radius 1 is 1.00 bits per heavy atom. The molecule has 0 amide bonds. The molecule has 0 saturated carbocycles. The second-order valence-corrected chi connectivity index (χ2v) is 6.13. The van der Waals surface area contributed by atoms with Crippen LogP contribution in [-0.4, -0.2) is 4.98 Å². The molecule has 0 unspecified atom stereocenters. The fourth-order valence-electron chi connectivity index (χ4n) is 2.10. The molecule has 0 aliphatic rings. The lowest BCUT2D eigenvalue weighted by molar-refractivity contribution is 1.32. The van der Waals surface area contributed by atoms with Gasteiger partial charge in [-0.05, 0) is 58.5 Å². The van der Waals surface area contributed by atoms with E-state index in [1.54, 1.807) is 0 Å². The third-order valence-electron chi connectivity index (χ3n) is 3.19. The van der Waals surface area contributed by atoms with Gasteiger partial charge in [-0.3, -0.25) is 4.79 Å². The summed E-state index contributed by atoms with van der Waals surface area (Å²) in [6.45, 7) is 0.